The average Bonchev–Trinajstić information content (AvgIpc) is 2.55. The van der Waals surface area contributed by atoms with Crippen molar-refractivity contribution in [2.75, 3.05) is 31.2 Å². The van der Waals surface area contributed by atoms with Crippen LogP contribution in [0.2, 0.25) is 0 Å². The van der Waals surface area contributed by atoms with E-state index in [2.05, 4.69) is 4.98 Å². The molecule has 21 heavy (non-hydrogen) atoms. The van der Waals surface area contributed by atoms with Crippen LogP contribution in [0.25, 0.3) is 0 Å². The number of hydrogen-bond acceptors (Lipinski definition) is 5. The van der Waals surface area contributed by atoms with E-state index in [1.165, 1.54) is 0 Å². The van der Waals surface area contributed by atoms with Crippen LogP contribution in [0.5, 0.6) is 0 Å². The summed E-state index contributed by atoms with van der Waals surface area (Å²) in [4.78, 5) is 6.05. The number of aliphatic hydroxyl groups is 1. The van der Waals surface area contributed by atoms with E-state index in [9.17, 15) is 5.02 Å². The van der Waals surface area contributed by atoms with E-state index in [1.54, 1.807) is 24.4 Å². The van der Waals surface area contributed by atoms with Gasteiger partial charge in [0.1, 0.15) is 0 Å². The first-order chi connectivity index (χ1) is 10.3. The summed E-state index contributed by atoms with van der Waals surface area (Å²) in [5, 5.41) is 19.0. The largest absolute Gasteiger partial charge is 0.510 e. The molecule has 0 aliphatic heterocycles. The van der Waals surface area contributed by atoms with Crippen LogP contribution in [0.1, 0.15) is 0 Å². The summed E-state index contributed by atoms with van der Waals surface area (Å²) in [6, 6.07) is 15.1. The normalized spacial score (nSPS) is 10.4. The highest BCUT2D eigenvalue weighted by Gasteiger charge is 2.17. The molecule has 2 rings (SSSR count). The highest BCUT2D eigenvalue weighted by atomic mass is 16.5. The number of benzene rings is 1. The van der Waals surface area contributed by atoms with E-state index in [1.807, 2.05) is 35.2 Å². The Bertz CT molecular complexity index is 513. The molecule has 0 aliphatic carbocycles. The van der Waals surface area contributed by atoms with Gasteiger partial charge in [0.05, 0.1) is 12.2 Å². The fourth-order valence-corrected chi connectivity index (χ4v) is 2.01. The summed E-state index contributed by atoms with van der Waals surface area (Å²) in [6.45, 7) is 1.51. The second kappa shape index (κ2) is 8.41. The Labute approximate surface area is 125 Å². The van der Waals surface area contributed by atoms with Crippen molar-refractivity contribution in [1.29, 1.82) is 0 Å². The van der Waals surface area contributed by atoms with E-state index >= 15 is 0 Å². The predicted molar refractivity (Wildman–Crippen MR) is 83.5 cm³/mol. The van der Waals surface area contributed by atoms with E-state index in [0.29, 0.717) is 25.3 Å². The molecule has 0 saturated carbocycles. The minimum absolute atomic E-state index is 0.0672. The second-order valence-electron chi connectivity index (χ2n) is 4.52. The predicted octanol–water partition coefficient (Wildman–Crippen LogP) is 0.285. The van der Waals surface area contributed by atoms with Crippen molar-refractivity contribution in [3.63, 3.8) is 0 Å². The quantitative estimate of drug-likeness (QED) is 0.683. The van der Waals surface area contributed by atoms with Gasteiger partial charge in [0.2, 0.25) is 0 Å². The molecule has 0 unspecified atom stereocenters. The number of hydrogen-bond donors (Lipinski definition) is 2. The molecule has 0 aliphatic rings. The van der Waals surface area contributed by atoms with E-state index in [0.717, 1.165) is 5.69 Å². The number of anilines is 1. The van der Waals surface area contributed by atoms with Crippen LogP contribution < -0.4 is 10.5 Å². The first-order valence-electron chi connectivity index (χ1n) is 6.92. The maximum Gasteiger partial charge on any atom is 0.510 e. The summed E-state index contributed by atoms with van der Waals surface area (Å²) in [6.07, 6.45) is 1.62. The molecule has 6 heteroatoms. The molecular formula is C15H19BN2O3. The number of aliphatic hydroxyl groups excluding tert-OH is 1. The Balaban J connectivity index is 1.85. The van der Waals surface area contributed by atoms with Crippen molar-refractivity contribution in [3.8, 4) is 0 Å². The maximum absolute atomic E-state index is 9.88. The maximum atomic E-state index is 9.88. The second-order valence-corrected chi connectivity index (χ2v) is 4.52. The van der Waals surface area contributed by atoms with Crippen LogP contribution in [0, 0.1) is 0 Å². The Morgan fingerprint density at radius 1 is 1.05 bits per heavy atom. The van der Waals surface area contributed by atoms with Gasteiger partial charge in [-0.3, -0.25) is 4.98 Å². The number of aromatic nitrogens is 1. The Kier molecular flexibility index (Phi) is 6.21. The zero-order valence-corrected chi connectivity index (χ0v) is 11.8. The van der Waals surface area contributed by atoms with Gasteiger partial charge in [-0.1, -0.05) is 24.3 Å². The molecule has 0 saturated heterocycles. The first-order valence-corrected chi connectivity index (χ1v) is 6.92. The molecule has 2 aromatic rings. The van der Waals surface area contributed by atoms with Crippen LogP contribution in [0.15, 0.2) is 54.7 Å². The number of para-hydroxylation sites is 1. The lowest BCUT2D eigenvalue weighted by atomic mass is 9.85. The van der Waals surface area contributed by atoms with Crippen molar-refractivity contribution in [2.45, 2.75) is 0 Å². The molecule has 2 N–H and O–H groups in total. The molecule has 0 spiro atoms. The van der Waals surface area contributed by atoms with E-state index in [-0.39, 0.29) is 6.61 Å². The number of nitrogens with zero attached hydrogens (tertiary/aromatic N) is 2. The van der Waals surface area contributed by atoms with Gasteiger partial charge in [-0.25, -0.2) is 0 Å². The highest BCUT2D eigenvalue weighted by Crippen LogP contribution is 2.12. The molecule has 1 aromatic carbocycles. The van der Waals surface area contributed by atoms with Crippen LogP contribution >= 0.6 is 0 Å². The molecule has 0 bridgehead atoms. The van der Waals surface area contributed by atoms with Crippen molar-refractivity contribution in [1.82, 2.24) is 4.98 Å². The molecular weight excluding hydrogens is 267 g/mol. The van der Waals surface area contributed by atoms with Crippen molar-refractivity contribution in [2.24, 2.45) is 0 Å². The number of rotatable bonds is 8. The Morgan fingerprint density at radius 2 is 1.81 bits per heavy atom. The van der Waals surface area contributed by atoms with Crippen LogP contribution in [0.3, 0.4) is 0 Å². The van der Waals surface area contributed by atoms with E-state index in [4.69, 9.17) is 9.76 Å². The molecule has 5 nitrogen and oxygen atoms in total. The van der Waals surface area contributed by atoms with Gasteiger partial charge in [0.15, 0.2) is 0 Å². The fourth-order valence-electron chi connectivity index (χ4n) is 2.01. The van der Waals surface area contributed by atoms with Crippen LogP contribution in [-0.2, 0) is 4.65 Å². The standard InChI is InChI=1S/C15H19BN2O3/c19-12-10-18(14-6-2-1-3-7-14)11-13-21-16(20)15-8-4-5-9-17-15/h1-9,19-20H,10-13H2. The Morgan fingerprint density at radius 3 is 2.48 bits per heavy atom. The lowest BCUT2D eigenvalue weighted by Gasteiger charge is -2.24. The molecule has 110 valence electrons. The van der Waals surface area contributed by atoms with Gasteiger partial charge >= 0.3 is 7.12 Å². The number of pyridine rings is 1. The van der Waals surface area contributed by atoms with Gasteiger partial charge in [0.25, 0.3) is 0 Å². The summed E-state index contributed by atoms with van der Waals surface area (Å²) in [7, 11) is -1.03. The average molecular weight is 286 g/mol. The first kappa shape index (κ1) is 15.5. The monoisotopic (exact) mass is 286 g/mol. The van der Waals surface area contributed by atoms with Gasteiger partial charge in [-0.2, -0.15) is 0 Å². The minimum Gasteiger partial charge on any atom is -0.422 e. The van der Waals surface area contributed by atoms with Crippen LogP contribution in [-0.4, -0.2) is 48.5 Å². The molecule has 0 fully saturated rings. The summed E-state index contributed by atoms with van der Waals surface area (Å²) >= 11 is 0. The molecule has 1 aromatic heterocycles. The smallest absolute Gasteiger partial charge is 0.422 e. The third kappa shape index (κ3) is 4.86. The third-order valence-electron chi connectivity index (χ3n) is 3.07. The van der Waals surface area contributed by atoms with Gasteiger partial charge in [-0.15, -0.1) is 0 Å². The van der Waals surface area contributed by atoms with Gasteiger partial charge < -0.3 is 19.7 Å². The van der Waals surface area contributed by atoms with Gasteiger partial charge in [0, 0.05) is 31.6 Å². The lowest BCUT2D eigenvalue weighted by molar-refractivity contribution is 0.266. The van der Waals surface area contributed by atoms with Crippen LogP contribution in [0.4, 0.5) is 5.69 Å². The third-order valence-corrected chi connectivity index (χ3v) is 3.07. The fraction of sp³-hybridized carbons (Fsp3) is 0.267. The SMILES string of the molecule is OCCN(CCOB(O)c1ccccn1)c1ccccc1. The Hall–Kier alpha value is -1.89. The molecule has 1 heterocycles. The highest BCUT2D eigenvalue weighted by molar-refractivity contribution is 6.58. The molecule has 0 atom stereocenters. The van der Waals surface area contributed by atoms with Crippen molar-refractivity contribution < 1.29 is 14.8 Å². The summed E-state index contributed by atoms with van der Waals surface area (Å²) in [5.41, 5.74) is 1.51. The van der Waals surface area contributed by atoms with Gasteiger partial charge in [-0.05, 0) is 24.3 Å². The zero-order valence-electron chi connectivity index (χ0n) is 11.8. The zero-order chi connectivity index (χ0) is 14.9. The lowest BCUT2D eigenvalue weighted by Crippen LogP contribution is -2.39. The topological polar surface area (TPSA) is 65.8 Å². The summed E-state index contributed by atoms with van der Waals surface area (Å²) < 4.78 is 5.40. The molecule has 0 radical (unpaired) electrons. The minimum atomic E-state index is -1.03. The van der Waals surface area contributed by atoms with Crippen molar-refractivity contribution in [3.05, 3.63) is 54.7 Å². The summed E-state index contributed by atoms with van der Waals surface area (Å²) in [5.74, 6) is 0. The van der Waals surface area contributed by atoms with Crippen molar-refractivity contribution >= 4 is 18.4 Å². The molecule has 0 amide bonds. The van der Waals surface area contributed by atoms with E-state index < -0.39 is 7.12 Å².